The molecule has 0 aromatic carbocycles. The van der Waals surface area contributed by atoms with Gasteiger partial charge in [-0.1, -0.05) is 19.3 Å². The Balaban J connectivity index is 1.56. The third-order valence-electron chi connectivity index (χ3n) is 6.32. The van der Waals surface area contributed by atoms with Crippen LogP contribution in [0.5, 0.6) is 0 Å². The number of ether oxygens (including phenoxy) is 2. The molecule has 2 heterocycles. The van der Waals surface area contributed by atoms with Crippen molar-refractivity contribution in [2.75, 3.05) is 12.3 Å². The zero-order valence-corrected chi connectivity index (χ0v) is 20.8. The molecule has 2 unspecified atom stereocenters. The van der Waals surface area contributed by atoms with Gasteiger partial charge in [0.2, 0.25) is 0 Å². The lowest BCUT2D eigenvalue weighted by Crippen LogP contribution is -2.46. The van der Waals surface area contributed by atoms with E-state index in [1.54, 1.807) is 0 Å². The van der Waals surface area contributed by atoms with Gasteiger partial charge in [0.1, 0.15) is 35.8 Å². The van der Waals surface area contributed by atoms with Crippen LogP contribution < -0.4 is 16.5 Å². The van der Waals surface area contributed by atoms with E-state index < -0.39 is 56.1 Å². The third-order valence-corrected chi connectivity index (χ3v) is 7.53. The summed E-state index contributed by atoms with van der Waals surface area (Å²) in [5, 5.41) is 23.5. The quantitative estimate of drug-likeness (QED) is 0.238. The highest BCUT2D eigenvalue weighted by atomic mass is 31.2. The molecule has 35 heavy (non-hydrogen) atoms. The number of aromatic nitrogens is 2. The molecule has 2 aliphatic rings. The maximum Gasteiger partial charge on any atom is 0.403 e. The molecule has 13 nitrogen and oxygen atoms in total. The van der Waals surface area contributed by atoms with Crippen LogP contribution in [0.1, 0.15) is 65.0 Å². The van der Waals surface area contributed by atoms with Crippen LogP contribution in [0, 0.1) is 0 Å². The van der Waals surface area contributed by atoms with Crippen LogP contribution in [0.25, 0.3) is 0 Å². The van der Waals surface area contributed by atoms with E-state index in [2.05, 4.69) is 10.1 Å². The van der Waals surface area contributed by atoms with Crippen molar-refractivity contribution in [1.29, 1.82) is 0 Å². The Hall–Kier alpha value is -1.86. The van der Waals surface area contributed by atoms with E-state index in [-0.39, 0.29) is 11.9 Å². The van der Waals surface area contributed by atoms with Crippen LogP contribution in [0.3, 0.4) is 0 Å². The highest BCUT2D eigenvalue weighted by Gasteiger charge is 2.54. The van der Waals surface area contributed by atoms with Gasteiger partial charge in [0.25, 0.3) is 0 Å². The molecule has 6 N–H and O–H groups in total. The molecule has 0 bridgehead atoms. The average Bonchev–Trinajstić information content (AvgIpc) is 2.97. The summed E-state index contributed by atoms with van der Waals surface area (Å²) in [6.45, 7) is 2.02. The van der Waals surface area contributed by atoms with Gasteiger partial charge in [-0.3, -0.25) is 13.9 Å². The van der Waals surface area contributed by atoms with Crippen molar-refractivity contribution in [2.45, 2.75) is 95.0 Å². The Morgan fingerprint density at radius 3 is 2.63 bits per heavy atom. The number of hydrogen-bond acceptors (Lipinski definition) is 10. The molecule has 1 saturated carbocycles. The van der Waals surface area contributed by atoms with E-state index in [0.717, 1.165) is 43.1 Å². The number of nitrogens with zero attached hydrogens (tertiary/aromatic N) is 2. The molecule has 1 saturated heterocycles. The highest BCUT2D eigenvalue weighted by molar-refractivity contribution is 7.50. The smallest absolute Gasteiger partial charge is 0.403 e. The van der Waals surface area contributed by atoms with E-state index in [4.69, 9.17) is 19.7 Å². The Bertz CT molecular complexity index is 980. The maximum atomic E-state index is 12.5. The normalized spacial score (nSPS) is 30.7. The Morgan fingerprint density at radius 2 is 2.00 bits per heavy atom. The van der Waals surface area contributed by atoms with Crippen molar-refractivity contribution < 1.29 is 38.5 Å². The van der Waals surface area contributed by atoms with Crippen LogP contribution in [0.15, 0.2) is 17.1 Å². The Kier molecular flexibility index (Phi) is 9.08. The van der Waals surface area contributed by atoms with E-state index in [0.29, 0.717) is 0 Å². The van der Waals surface area contributed by atoms with Gasteiger partial charge >= 0.3 is 19.4 Å². The number of nitrogens with two attached hydrogens (primary N) is 1. The predicted molar refractivity (Wildman–Crippen MR) is 124 cm³/mol. The van der Waals surface area contributed by atoms with E-state index in [1.165, 1.54) is 32.5 Å². The van der Waals surface area contributed by atoms with Crippen molar-refractivity contribution in [2.24, 2.45) is 0 Å². The maximum absolute atomic E-state index is 12.5. The summed E-state index contributed by atoms with van der Waals surface area (Å²) < 4.78 is 29.6. The first-order valence-electron chi connectivity index (χ1n) is 11.8. The number of aliphatic hydroxyl groups is 2. The van der Waals surface area contributed by atoms with Gasteiger partial charge in [-0.2, -0.15) is 4.98 Å². The molecule has 0 radical (unpaired) electrons. The first-order valence-corrected chi connectivity index (χ1v) is 13.3. The predicted octanol–water partition coefficient (Wildman–Crippen LogP) is 0.586. The van der Waals surface area contributed by atoms with Crippen LogP contribution in [-0.2, 0) is 23.4 Å². The van der Waals surface area contributed by atoms with Crippen molar-refractivity contribution in [1.82, 2.24) is 14.6 Å². The molecule has 1 aliphatic heterocycles. The second-order valence-corrected chi connectivity index (χ2v) is 10.9. The van der Waals surface area contributed by atoms with Crippen LogP contribution in [-0.4, -0.2) is 67.2 Å². The third kappa shape index (κ3) is 7.10. The molecular weight excluding hydrogens is 483 g/mol. The number of hydrogen-bond donors (Lipinski definition) is 5. The van der Waals surface area contributed by atoms with Crippen molar-refractivity contribution in [3.63, 3.8) is 0 Å². The molecule has 14 heteroatoms. The molecule has 2 fully saturated rings. The number of aliphatic hydroxyl groups excluding tert-OH is 1. The molecule has 0 amide bonds. The van der Waals surface area contributed by atoms with Gasteiger partial charge in [0.15, 0.2) is 6.23 Å². The summed E-state index contributed by atoms with van der Waals surface area (Å²) >= 11 is 0. The highest BCUT2D eigenvalue weighted by Crippen LogP contribution is 2.42. The standard InChI is InChI=1S/C21H35N4O9P/c1-13(18(27)33-14-8-6-4-3-5-7-9-14)24-35(30,31)32-12-15-17(26)21(2,29)19(34-15)25-11-10-16(22)23-20(25)28/h10-11,13-15,17,19,26,29H,3-9,12H2,1-2H3,(H2,22,23,28)(H2,24,30,31)/t13-,15+,17+,19?,21+/m0/s1. The minimum atomic E-state index is -4.52. The lowest BCUT2D eigenvalue weighted by Gasteiger charge is -2.27. The summed E-state index contributed by atoms with van der Waals surface area (Å²) in [6.07, 6.45) is 3.65. The van der Waals surface area contributed by atoms with Crippen molar-refractivity contribution in [3.8, 4) is 0 Å². The fourth-order valence-corrected chi connectivity index (χ4v) is 5.31. The number of rotatable bonds is 8. The number of carbonyl (C=O) groups excluding carboxylic acids is 1. The van der Waals surface area contributed by atoms with Crippen molar-refractivity contribution >= 4 is 19.5 Å². The van der Waals surface area contributed by atoms with Crippen LogP contribution in [0.2, 0.25) is 0 Å². The largest absolute Gasteiger partial charge is 0.461 e. The van der Waals surface area contributed by atoms with E-state index in [9.17, 15) is 29.3 Å². The van der Waals surface area contributed by atoms with E-state index >= 15 is 0 Å². The van der Waals surface area contributed by atoms with Crippen molar-refractivity contribution in [3.05, 3.63) is 22.7 Å². The molecule has 6 atom stereocenters. The first kappa shape index (κ1) is 27.7. The lowest BCUT2D eigenvalue weighted by molar-refractivity contribution is -0.151. The topological polar surface area (TPSA) is 195 Å². The summed E-state index contributed by atoms with van der Waals surface area (Å²) in [5.74, 6) is -0.692. The van der Waals surface area contributed by atoms with Gasteiger partial charge in [0.05, 0.1) is 6.61 Å². The molecule has 1 aromatic rings. The molecule has 0 spiro atoms. The minimum absolute atomic E-state index is 0.0289. The van der Waals surface area contributed by atoms with Gasteiger partial charge in [-0.15, -0.1) is 0 Å². The molecular formula is C21H35N4O9P. The van der Waals surface area contributed by atoms with E-state index in [1.807, 2.05) is 0 Å². The zero-order chi connectivity index (χ0) is 25.8. The Labute approximate surface area is 203 Å². The number of nitrogen functional groups attached to an aromatic ring is 1. The summed E-state index contributed by atoms with van der Waals surface area (Å²) in [5.41, 5.74) is 2.72. The number of nitrogens with one attached hydrogen (secondary N) is 1. The first-order chi connectivity index (χ1) is 16.4. The minimum Gasteiger partial charge on any atom is -0.461 e. The van der Waals surface area contributed by atoms with Gasteiger partial charge in [0, 0.05) is 6.20 Å². The fraction of sp³-hybridized carbons (Fsp3) is 0.762. The van der Waals surface area contributed by atoms with Crippen LogP contribution in [0.4, 0.5) is 5.82 Å². The second-order valence-electron chi connectivity index (χ2n) is 9.31. The summed E-state index contributed by atoms with van der Waals surface area (Å²) in [7, 11) is -4.52. The molecule has 198 valence electrons. The lowest BCUT2D eigenvalue weighted by atomic mass is 9.96. The monoisotopic (exact) mass is 518 g/mol. The van der Waals surface area contributed by atoms with Gasteiger partial charge in [-0.25, -0.2) is 14.4 Å². The average molecular weight is 519 g/mol. The fourth-order valence-electron chi connectivity index (χ4n) is 4.29. The number of anilines is 1. The SMILES string of the molecule is C[C@H](NP(=O)(O)OC[C@H]1OC(n2ccc(N)nc2=O)[C@](C)(O)[C@@H]1O)C(=O)OC1CCCCCCC1. The summed E-state index contributed by atoms with van der Waals surface area (Å²) in [4.78, 5) is 38.3. The van der Waals surface area contributed by atoms with Crippen LogP contribution >= 0.6 is 7.75 Å². The van der Waals surface area contributed by atoms with Gasteiger partial charge in [-0.05, 0) is 45.6 Å². The number of carbonyl (C=O) groups is 1. The Morgan fingerprint density at radius 1 is 1.37 bits per heavy atom. The zero-order valence-electron chi connectivity index (χ0n) is 19.9. The number of esters is 1. The summed E-state index contributed by atoms with van der Waals surface area (Å²) in [6, 6.07) is 0.195. The molecule has 3 rings (SSSR count). The molecule has 1 aromatic heterocycles. The second kappa shape index (κ2) is 11.5. The van der Waals surface area contributed by atoms with Gasteiger partial charge < -0.3 is 30.3 Å². The molecule has 1 aliphatic carbocycles.